The van der Waals surface area contributed by atoms with Gasteiger partial charge in [0, 0.05) is 18.7 Å². The second kappa shape index (κ2) is 8.15. The third kappa shape index (κ3) is 4.13. The van der Waals surface area contributed by atoms with Crippen LogP contribution in [0, 0.1) is 6.92 Å². The van der Waals surface area contributed by atoms with Crippen LogP contribution in [0.1, 0.15) is 53.8 Å². The maximum Gasteiger partial charge on any atom is 0.433 e. The van der Waals surface area contributed by atoms with Gasteiger partial charge in [-0.15, -0.1) is 0 Å². The first-order chi connectivity index (χ1) is 14.7. The fourth-order valence-corrected chi connectivity index (χ4v) is 4.24. The number of carbonyl (C=O) groups is 1. The van der Waals surface area contributed by atoms with Gasteiger partial charge in [-0.2, -0.15) is 18.3 Å². The van der Waals surface area contributed by atoms with E-state index in [1.807, 2.05) is 6.92 Å². The molecule has 1 saturated carbocycles. The highest BCUT2D eigenvalue weighted by Gasteiger charge is 2.37. The molecule has 1 aromatic carbocycles. The standard InChI is InChI=1S/C22H22ClF3N4O/c1-13-8-10-14(11-9-13)16-12-17(22(24,25)26)30-20(27-16)18(23)19(28-30)21(31)29(2)15-6-4-3-5-7-15/h8-12,15H,3-7H2,1-2H3. The Bertz CT molecular complexity index is 1120. The van der Waals surface area contributed by atoms with E-state index in [0.29, 0.717) is 10.1 Å². The molecule has 0 unspecified atom stereocenters. The van der Waals surface area contributed by atoms with E-state index in [1.165, 1.54) is 0 Å². The van der Waals surface area contributed by atoms with Crippen molar-refractivity contribution in [2.45, 2.75) is 51.2 Å². The third-order valence-electron chi connectivity index (χ3n) is 5.82. The lowest BCUT2D eigenvalue weighted by molar-refractivity contribution is -0.142. The summed E-state index contributed by atoms with van der Waals surface area (Å²) in [4.78, 5) is 18.9. The van der Waals surface area contributed by atoms with Crippen molar-refractivity contribution in [2.24, 2.45) is 0 Å². The summed E-state index contributed by atoms with van der Waals surface area (Å²) in [6.45, 7) is 1.89. The van der Waals surface area contributed by atoms with Gasteiger partial charge in [-0.1, -0.05) is 60.7 Å². The van der Waals surface area contributed by atoms with Crippen molar-refractivity contribution in [1.82, 2.24) is 19.5 Å². The van der Waals surface area contributed by atoms with Gasteiger partial charge >= 0.3 is 6.18 Å². The Hall–Kier alpha value is -2.61. The van der Waals surface area contributed by atoms with Gasteiger partial charge in [-0.3, -0.25) is 4.79 Å². The molecule has 5 nitrogen and oxygen atoms in total. The predicted octanol–water partition coefficient (Wildman–Crippen LogP) is 5.78. The van der Waals surface area contributed by atoms with Gasteiger partial charge in [-0.05, 0) is 25.8 Å². The largest absolute Gasteiger partial charge is 0.433 e. The summed E-state index contributed by atoms with van der Waals surface area (Å²) in [6, 6.07) is 7.94. The highest BCUT2D eigenvalue weighted by atomic mass is 35.5. The van der Waals surface area contributed by atoms with Crippen LogP contribution < -0.4 is 0 Å². The Kier molecular flexibility index (Phi) is 5.68. The molecular formula is C22H22ClF3N4O. The van der Waals surface area contributed by atoms with Gasteiger partial charge in [0.1, 0.15) is 5.02 Å². The molecule has 2 heterocycles. The molecule has 2 aromatic heterocycles. The zero-order valence-corrected chi connectivity index (χ0v) is 18.0. The van der Waals surface area contributed by atoms with Gasteiger partial charge in [0.15, 0.2) is 17.0 Å². The third-order valence-corrected chi connectivity index (χ3v) is 6.16. The fraction of sp³-hybridized carbons (Fsp3) is 0.409. The van der Waals surface area contributed by atoms with Crippen LogP contribution in [0.4, 0.5) is 13.2 Å². The molecule has 9 heteroatoms. The normalized spacial score (nSPS) is 15.4. The number of fused-ring (bicyclic) bond motifs is 1. The van der Waals surface area contributed by atoms with Crippen LogP contribution in [0.3, 0.4) is 0 Å². The number of nitrogens with zero attached hydrogens (tertiary/aromatic N) is 4. The van der Waals surface area contributed by atoms with E-state index in [0.717, 1.165) is 43.7 Å². The lowest BCUT2D eigenvalue weighted by Gasteiger charge is -2.30. The minimum absolute atomic E-state index is 0.0280. The molecule has 0 saturated heterocycles. The first-order valence-electron chi connectivity index (χ1n) is 10.2. The molecule has 0 spiro atoms. The van der Waals surface area contributed by atoms with E-state index in [1.54, 1.807) is 36.2 Å². The summed E-state index contributed by atoms with van der Waals surface area (Å²) in [5, 5.41) is 3.78. The summed E-state index contributed by atoms with van der Waals surface area (Å²) in [6.07, 6.45) is 0.162. The van der Waals surface area contributed by atoms with Crippen molar-refractivity contribution in [1.29, 1.82) is 0 Å². The lowest BCUT2D eigenvalue weighted by Crippen LogP contribution is -2.38. The monoisotopic (exact) mass is 450 g/mol. The number of hydrogen-bond donors (Lipinski definition) is 0. The lowest BCUT2D eigenvalue weighted by atomic mass is 9.94. The van der Waals surface area contributed by atoms with Crippen LogP contribution in [0.25, 0.3) is 16.9 Å². The average Bonchev–Trinajstić information content (AvgIpc) is 3.09. The van der Waals surface area contributed by atoms with Crippen molar-refractivity contribution >= 4 is 23.2 Å². The van der Waals surface area contributed by atoms with Gasteiger partial charge in [0.25, 0.3) is 5.91 Å². The van der Waals surface area contributed by atoms with E-state index in [4.69, 9.17) is 11.6 Å². The first kappa shape index (κ1) is 21.6. The highest BCUT2D eigenvalue weighted by molar-refractivity contribution is 6.36. The number of hydrogen-bond acceptors (Lipinski definition) is 3. The summed E-state index contributed by atoms with van der Waals surface area (Å²) < 4.78 is 42.2. The van der Waals surface area contributed by atoms with Crippen molar-refractivity contribution < 1.29 is 18.0 Å². The SMILES string of the molecule is Cc1ccc(-c2cc(C(F)(F)F)n3nc(C(=O)N(C)C4CCCCC4)c(Cl)c3n2)cc1. The molecule has 1 fully saturated rings. The minimum atomic E-state index is -4.70. The zero-order valence-electron chi connectivity index (χ0n) is 17.2. The zero-order chi connectivity index (χ0) is 22.3. The predicted molar refractivity (Wildman–Crippen MR) is 112 cm³/mol. The van der Waals surface area contributed by atoms with Gasteiger partial charge in [-0.25, -0.2) is 9.50 Å². The second-order valence-corrected chi connectivity index (χ2v) is 8.37. The minimum Gasteiger partial charge on any atom is -0.337 e. The van der Waals surface area contributed by atoms with Gasteiger partial charge in [0.05, 0.1) is 5.69 Å². The first-order valence-corrected chi connectivity index (χ1v) is 10.6. The summed E-state index contributed by atoms with van der Waals surface area (Å²) >= 11 is 6.38. The van der Waals surface area contributed by atoms with Crippen molar-refractivity contribution in [2.75, 3.05) is 7.05 Å². The molecule has 31 heavy (non-hydrogen) atoms. The van der Waals surface area contributed by atoms with Crippen molar-refractivity contribution in [3.05, 3.63) is 52.3 Å². The molecule has 1 aliphatic rings. The summed E-state index contributed by atoms with van der Waals surface area (Å²) in [5.41, 5.74) is 0.168. The van der Waals surface area contributed by atoms with Crippen LogP contribution >= 0.6 is 11.6 Å². The number of carbonyl (C=O) groups excluding carboxylic acids is 1. The number of rotatable bonds is 3. The smallest absolute Gasteiger partial charge is 0.337 e. The fourth-order valence-electron chi connectivity index (χ4n) is 4.00. The maximum absolute atomic E-state index is 13.8. The summed E-state index contributed by atoms with van der Waals surface area (Å²) in [7, 11) is 1.65. The molecule has 0 N–H and O–H groups in total. The van der Waals surface area contributed by atoms with Crippen LogP contribution in [0.2, 0.25) is 5.02 Å². The van der Waals surface area contributed by atoms with E-state index < -0.39 is 17.8 Å². The van der Waals surface area contributed by atoms with Crippen molar-refractivity contribution in [3.63, 3.8) is 0 Å². The molecule has 0 atom stereocenters. The Morgan fingerprint density at radius 1 is 1.16 bits per heavy atom. The highest BCUT2D eigenvalue weighted by Crippen LogP contribution is 2.35. The van der Waals surface area contributed by atoms with Gasteiger partial charge in [0.2, 0.25) is 0 Å². The Balaban J connectivity index is 1.83. The molecule has 0 bridgehead atoms. The number of amides is 1. The van der Waals surface area contributed by atoms with E-state index >= 15 is 0 Å². The van der Waals surface area contributed by atoms with Crippen LogP contribution in [-0.2, 0) is 6.18 Å². The maximum atomic E-state index is 13.8. The average molecular weight is 451 g/mol. The molecular weight excluding hydrogens is 429 g/mol. The van der Waals surface area contributed by atoms with Crippen LogP contribution in [0.15, 0.2) is 30.3 Å². The Morgan fingerprint density at radius 2 is 1.81 bits per heavy atom. The molecule has 1 amide bonds. The van der Waals surface area contributed by atoms with Crippen molar-refractivity contribution in [3.8, 4) is 11.3 Å². The molecule has 164 valence electrons. The van der Waals surface area contributed by atoms with E-state index in [9.17, 15) is 18.0 Å². The molecule has 0 aliphatic heterocycles. The number of halogens is 4. The molecule has 4 rings (SSSR count). The van der Waals surface area contributed by atoms with Crippen LogP contribution in [-0.4, -0.2) is 38.5 Å². The Labute approximate surface area is 182 Å². The topological polar surface area (TPSA) is 50.5 Å². The van der Waals surface area contributed by atoms with E-state index in [-0.39, 0.29) is 28.1 Å². The second-order valence-electron chi connectivity index (χ2n) is 8.00. The molecule has 0 radical (unpaired) electrons. The number of alkyl halides is 3. The number of benzene rings is 1. The number of aromatic nitrogens is 3. The molecule has 3 aromatic rings. The number of aryl methyl sites for hydroxylation is 1. The van der Waals surface area contributed by atoms with E-state index in [2.05, 4.69) is 10.1 Å². The van der Waals surface area contributed by atoms with Crippen LogP contribution in [0.5, 0.6) is 0 Å². The molecule has 1 aliphatic carbocycles. The Morgan fingerprint density at radius 3 is 2.42 bits per heavy atom. The summed E-state index contributed by atoms with van der Waals surface area (Å²) in [5.74, 6) is -0.493. The quantitative estimate of drug-likeness (QED) is 0.508. The van der Waals surface area contributed by atoms with Gasteiger partial charge < -0.3 is 4.90 Å².